The Kier molecular flexibility index (Phi) is 5.79. The second kappa shape index (κ2) is 7.17. The molecular weight excluding hydrogens is 268 g/mol. The van der Waals surface area contributed by atoms with Crippen LogP contribution >= 0.6 is 11.8 Å². The average Bonchev–Trinajstić information content (AvgIpc) is 3.05. The molecule has 2 atom stereocenters. The Bertz CT molecular complexity index is 328. The summed E-state index contributed by atoms with van der Waals surface area (Å²) in [4.78, 5) is 14.8. The Morgan fingerprint density at radius 1 is 1.35 bits per heavy atom. The lowest BCUT2D eigenvalue weighted by Gasteiger charge is -2.34. The molecule has 0 aromatic heterocycles. The van der Waals surface area contributed by atoms with Crippen LogP contribution in [0.5, 0.6) is 0 Å². The Balaban J connectivity index is 2.02. The predicted molar refractivity (Wildman–Crippen MR) is 87.0 cm³/mol. The fourth-order valence-electron chi connectivity index (χ4n) is 3.65. The zero-order chi connectivity index (χ0) is 14.6. The Morgan fingerprint density at radius 2 is 2.05 bits per heavy atom. The number of carbonyl (C=O) groups excluding carboxylic acids is 1. The summed E-state index contributed by atoms with van der Waals surface area (Å²) in [6, 6.07) is 0.0696. The molecule has 116 valence electrons. The molecule has 1 aliphatic carbocycles. The first kappa shape index (κ1) is 16.2. The largest absolute Gasteiger partial charge is 0.324 e. The highest BCUT2D eigenvalue weighted by Gasteiger charge is 2.43. The van der Waals surface area contributed by atoms with Gasteiger partial charge < -0.3 is 4.90 Å². The maximum atomic E-state index is 12.7. The summed E-state index contributed by atoms with van der Waals surface area (Å²) in [5, 5.41) is 3.56. The molecule has 3 nitrogen and oxygen atoms in total. The predicted octanol–water partition coefficient (Wildman–Crippen LogP) is 3.39. The van der Waals surface area contributed by atoms with Gasteiger partial charge in [0.05, 0.1) is 12.2 Å². The van der Waals surface area contributed by atoms with Gasteiger partial charge in [-0.15, -0.1) is 0 Å². The SMILES string of the molecule is CCCCC1NC(CC)N(CC2(SC)CCCC2)C1=O. The molecule has 1 aliphatic heterocycles. The normalized spacial score (nSPS) is 29.4. The van der Waals surface area contributed by atoms with Gasteiger partial charge >= 0.3 is 0 Å². The lowest BCUT2D eigenvalue weighted by atomic mass is 10.1. The van der Waals surface area contributed by atoms with Gasteiger partial charge in [0.1, 0.15) is 0 Å². The number of nitrogens with one attached hydrogen (secondary N) is 1. The van der Waals surface area contributed by atoms with Crippen LogP contribution in [0.4, 0.5) is 0 Å². The minimum atomic E-state index is 0.0696. The highest BCUT2D eigenvalue weighted by atomic mass is 32.2. The standard InChI is InChI=1S/C16H30N2OS/c1-4-6-9-13-15(19)18(14(5-2)17-13)12-16(20-3)10-7-8-11-16/h13-14,17H,4-12H2,1-3H3. The summed E-state index contributed by atoms with van der Waals surface area (Å²) < 4.78 is 0.324. The lowest BCUT2D eigenvalue weighted by molar-refractivity contribution is -0.130. The van der Waals surface area contributed by atoms with Crippen molar-refractivity contribution in [2.45, 2.75) is 82.2 Å². The molecule has 1 saturated carbocycles. The third-order valence-electron chi connectivity index (χ3n) is 4.99. The topological polar surface area (TPSA) is 32.3 Å². The van der Waals surface area contributed by atoms with E-state index in [1.54, 1.807) is 0 Å². The molecule has 2 rings (SSSR count). The molecule has 0 bridgehead atoms. The summed E-state index contributed by atoms with van der Waals surface area (Å²) in [6.45, 7) is 5.32. The molecule has 1 N–H and O–H groups in total. The van der Waals surface area contributed by atoms with Crippen molar-refractivity contribution in [3.8, 4) is 0 Å². The number of hydrogen-bond acceptors (Lipinski definition) is 3. The molecule has 0 aromatic carbocycles. The molecule has 2 aliphatic rings. The van der Waals surface area contributed by atoms with Crippen molar-refractivity contribution in [1.82, 2.24) is 10.2 Å². The van der Waals surface area contributed by atoms with Crippen LogP contribution in [-0.2, 0) is 4.79 Å². The highest BCUT2D eigenvalue weighted by Crippen LogP contribution is 2.41. The quantitative estimate of drug-likeness (QED) is 0.782. The van der Waals surface area contributed by atoms with Crippen molar-refractivity contribution in [3.05, 3.63) is 0 Å². The molecule has 0 aromatic rings. The second-order valence-electron chi connectivity index (χ2n) is 6.35. The van der Waals surface area contributed by atoms with Crippen molar-refractivity contribution < 1.29 is 4.79 Å². The summed E-state index contributed by atoms with van der Waals surface area (Å²) in [6.07, 6.45) is 12.0. The van der Waals surface area contributed by atoms with Crippen molar-refractivity contribution in [2.75, 3.05) is 12.8 Å². The molecule has 2 fully saturated rings. The Labute approximate surface area is 128 Å². The van der Waals surface area contributed by atoms with Crippen LogP contribution in [0.25, 0.3) is 0 Å². The lowest BCUT2D eigenvalue weighted by Crippen LogP contribution is -2.45. The van der Waals surface area contributed by atoms with E-state index in [4.69, 9.17) is 0 Å². The third-order valence-corrected chi connectivity index (χ3v) is 6.39. The second-order valence-corrected chi connectivity index (χ2v) is 7.62. The van der Waals surface area contributed by atoms with Gasteiger partial charge in [0.15, 0.2) is 0 Å². The molecular formula is C16H30N2OS. The van der Waals surface area contributed by atoms with Crippen molar-refractivity contribution in [3.63, 3.8) is 0 Å². The summed E-state index contributed by atoms with van der Waals surface area (Å²) in [5.41, 5.74) is 0. The first-order valence-electron chi connectivity index (χ1n) is 8.27. The van der Waals surface area contributed by atoms with E-state index in [1.165, 1.54) is 25.7 Å². The fourth-order valence-corrected chi connectivity index (χ4v) is 4.61. The minimum absolute atomic E-state index is 0.0696. The Morgan fingerprint density at radius 3 is 2.60 bits per heavy atom. The molecule has 4 heteroatoms. The number of carbonyl (C=O) groups is 1. The zero-order valence-corrected chi connectivity index (χ0v) is 14.1. The van der Waals surface area contributed by atoms with E-state index in [0.717, 1.165) is 32.2 Å². The van der Waals surface area contributed by atoms with E-state index < -0.39 is 0 Å². The minimum Gasteiger partial charge on any atom is -0.324 e. The first-order valence-corrected chi connectivity index (χ1v) is 9.50. The van der Waals surface area contributed by atoms with E-state index in [2.05, 4.69) is 30.3 Å². The monoisotopic (exact) mass is 298 g/mol. The number of unbranched alkanes of at least 4 members (excludes halogenated alkanes) is 1. The number of rotatable bonds is 7. The van der Waals surface area contributed by atoms with E-state index in [0.29, 0.717) is 10.7 Å². The summed E-state index contributed by atoms with van der Waals surface area (Å²) in [5.74, 6) is 0.352. The average molecular weight is 298 g/mol. The number of thioether (sulfide) groups is 1. The number of hydrogen-bond donors (Lipinski definition) is 1. The highest BCUT2D eigenvalue weighted by molar-refractivity contribution is 8.00. The van der Waals surface area contributed by atoms with Crippen molar-refractivity contribution in [2.24, 2.45) is 0 Å². The van der Waals surface area contributed by atoms with Gasteiger partial charge in [-0.2, -0.15) is 11.8 Å². The van der Waals surface area contributed by atoms with Crippen LogP contribution in [0.1, 0.15) is 65.2 Å². The van der Waals surface area contributed by atoms with Crippen LogP contribution < -0.4 is 5.32 Å². The van der Waals surface area contributed by atoms with E-state index in [1.807, 2.05) is 11.8 Å². The molecule has 20 heavy (non-hydrogen) atoms. The van der Waals surface area contributed by atoms with Gasteiger partial charge in [0, 0.05) is 11.3 Å². The fraction of sp³-hybridized carbons (Fsp3) is 0.938. The molecule has 1 saturated heterocycles. The Hall–Kier alpha value is -0.220. The summed E-state index contributed by atoms with van der Waals surface area (Å²) in [7, 11) is 0. The first-order chi connectivity index (χ1) is 9.65. The maximum absolute atomic E-state index is 12.7. The van der Waals surface area contributed by atoms with E-state index in [9.17, 15) is 4.79 Å². The molecule has 2 unspecified atom stereocenters. The van der Waals surface area contributed by atoms with Gasteiger partial charge in [-0.3, -0.25) is 10.1 Å². The van der Waals surface area contributed by atoms with Crippen LogP contribution in [0, 0.1) is 0 Å². The zero-order valence-electron chi connectivity index (χ0n) is 13.3. The van der Waals surface area contributed by atoms with E-state index in [-0.39, 0.29) is 12.2 Å². The third kappa shape index (κ3) is 3.33. The van der Waals surface area contributed by atoms with Crippen LogP contribution in [0.2, 0.25) is 0 Å². The smallest absolute Gasteiger partial charge is 0.241 e. The molecule has 0 radical (unpaired) electrons. The van der Waals surface area contributed by atoms with Gasteiger partial charge in [-0.25, -0.2) is 0 Å². The molecule has 1 heterocycles. The van der Waals surface area contributed by atoms with E-state index >= 15 is 0 Å². The van der Waals surface area contributed by atoms with Crippen molar-refractivity contribution in [1.29, 1.82) is 0 Å². The number of amides is 1. The maximum Gasteiger partial charge on any atom is 0.241 e. The van der Waals surface area contributed by atoms with Gasteiger partial charge in [-0.1, -0.05) is 39.5 Å². The molecule has 1 amide bonds. The van der Waals surface area contributed by atoms with Gasteiger partial charge in [-0.05, 0) is 31.9 Å². The van der Waals surface area contributed by atoms with Gasteiger partial charge in [0.25, 0.3) is 0 Å². The van der Waals surface area contributed by atoms with Crippen molar-refractivity contribution >= 4 is 17.7 Å². The summed E-state index contributed by atoms with van der Waals surface area (Å²) >= 11 is 1.98. The number of nitrogens with zero attached hydrogens (tertiary/aromatic N) is 1. The van der Waals surface area contributed by atoms with Crippen LogP contribution in [-0.4, -0.2) is 40.6 Å². The van der Waals surface area contributed by atoms with Crippen LogP contribution in [0.15, 0.2) is 0 Å². The van der Waals surface area contributed by atoms with Crippen LogP contribution in [0.3, 0.4) is 0 Å². The van der Waals surface area contributed by atoms with Gasteiger partial charge in [0.2, 0.25) is 5.91 Å². The molecule has 0 spiro atoms.